The lowest BCUT2D eigenvalue weighted by molar-refractivity contribution is -0.158. The summed E-state index contributed by atoms with van der Waals surface area (Å²) >= 11 is 0. The molecule has 0 spiro atoms. The molecule has 0 bridgehead atoms. The molecule has 1 aromatic carbocycles. The average molecular weight is 294 g/mol. The first-order valence-corrected chi connectivity index (χ1v) is 5.99. The zero-order chi connectivity index (χ0) is 15.3. The van der Waals surface area contributed by atoms with Crippen LogP contribution in [-0.2, 0) is 6.18 Å². The highest BCUT2D eigenvalue weighted by Crippen LogP contribution is 2.48. The summed E-state index contributed by atoms with van der Waals surface area (Å²) in [6.45, 7) is 2.60. The van der Waals surface area contributed by atoms with Crippen molar-refractivity contribution in [3.05, 3.63) is 40.5 Å². The third-order valence-electron chi connectivity index (χ3n) is 3.55. The van der Waals surface area contributed by atoms with E-state index in [0.29, 0.717) is 0 Å². The summed E-state index contributed by atoms with van der Waals surface area (Å²) in [5, 5.41) is 0. The minimum absolute atomic E-state index is 0.0728. The van der Waals surface area contributed by atoms with Crippen LogP contribution in [0.2, 0.25) is 0 Å². The van der Waals surface area contributed by atoms with Gasteiger partial charge in [0.25, 0.3) is 0 Å². The fourth-order valence-electron chi connectivity index (χ4n) is 2.69. The van der Waals surface area contributed by atoms with Gasteiger partial charge in [-0.3, -0.25) is 0 Å². The van der Waals surface area contributed by atoms with E-state index < -0.39 is 29.8 Å². The number of halogens is 6. The summed E-state index contributed by atoms with van der Waals surface area (Å²) in [7, 11) is 0. The lowest BCUT2D eigenvalue weighted by Crippen LogP contribution is -2.29. The summed E-state index contributed by atoms with van der Waals surface area (Å²) < 4.78 is 78.4. The van der Waals surface area contributed by atoms with Gasteiger partial charge >= 0.3 is 12.4 Å². The van der Waals surface area contributed by atoms with Gasteiger partial charge in [-0.15, -0.1) is 0 Å². The zero-order valence-electron chi connectivity index (χ0n) is 10.7. The van der Waals surface area contributed by atoms with Gasteiger partial charge in [-0.2, -0.15) is 26.3 Å². The summed E-state index contributed by atoms with van der Waals surface area (Å²) in [4.78, 5) is 0. The van der Waals surface area contributed by atoms with Gasteiger partial charge in [0.05, 0.1) is 11.5 Å². The maximum atomic E-state index is 13.1. The van der Waals surface area contributed by atoms with Gasteiger partial charge < -0.3 is 0 Å². The van der Waals surface area contributed by atoms with E-state index in [1.807, 2.05) is 0 Å². The van der Waals surface area contributed by atoms with Crippen LogP contribution in [0.1, 0.15) is 35.1 Å². The molecule has 2 unspecified atom stereocenters. The number of benzene rings is 1. The van der Waals surface area contributed by atoms with Crippen molar-refractivity contribution in [2.24, 2.45) is 5.92 Å². The molecule has 6 heteroatoms. The SMILES string of the molecule is Cc1ccc2c(c1C(F)(F)F)C=CC(C)C2C(F)(F)F. The lowest BCUT2D eigenvalue weighted by Gasteiger charge is -2.31. The first kappa shape index (κ1) is 14.9. The first-order valence-electron chi connectivity index (χ1n) is 5.99. The number of fused-ring (bicyclic) bond motifs is 1. The normalized spacial score (nSPS) is 22.8. The molecule has 1 aromatic rings. The lowest BCUT2D eigenvalue weighted by atomic mass is 9.77. The van der Waals surface area contributed by atoms with Crippen LogP contribution in [0.15, 0.2) is 18.2 Å². The Morgan fingerprint density at radius 2 is 1.60 bits per heavy atom. The fourth-order valence-corrected chi connectivity index (χ4v) is 2.69. The number of rotatable bonds is 0. The molecule has 20 heavy (non-hydrogen) atoms. The maximum Gasteiger partial charge on any atom is 0.417 e. The zero-order valence-corrected chi connectivity index (χ0v) is 10.7. The molecule has 2 atom stereocenters. The molecule has 1 aliphatic rings. The molecule has 0 saturated carbocycles. The molecule has 2 rings (SSSR count). The number of hydrogen-bond acceptors (Lipinski definition) is 0. The molecule has 0 amide bonds. The molecule has 0 fully saturated rings. The van der Waals surface area contributed by atoms with Gasteiger partial charge in [0.1, 0.15) is 0 Å². The monoisotopic (exact) mass is 294 g/mol. The number of hydrogen-bond donors (Lipinski definition) is 0. The summed E-state index contributed by atoms with van der Waals surface area (Å²) in [6, 6.07) is 2.25. The quantitative estimate of drug-likeness (QED) is 0.568. The molecule has 0 radical (unpaired) electrons. The van der Waals surface area contributed by atoms with Crippen molar-refractivity contribution < 1.29 is 26.3 Å². The van der Waals surface area contributed by atoms with Crippen molar-refractivity contribution in [3.63, 3.8) is 0 Å². The van der Waals surface area contributed by atoms with Crippen LogP contribution in [0, 0.1) is 12.8 Å². The van der Waals surface area contributed by atoms with Gasteiger partial charge in [-0.25, -0.2) is 0 Å². The topological polar surface area (TPSA) is 0 Å². The van der Waals surface area contributed by atoms with Crippen molar-refractivity contribution in [2.45, 2.75) is 32.1 Å². The minimum atomic E-state index is -4.67. The number of aryl methyl sites for hydroxylation is 1. The van der Waals surface area contributed by atoms with Gasteiger partial charge in [0.15, 0.2) is 0 Å². The second-order valence-electron chi connectivity index (χ2n) is 5.00. The van der Waals surface area contributed by atoms with E-state index in [2.05, 4.69) is 0 Å². The van der Waals surface area contributed by atoms with Crippen molar-refractivity contribution in [2.75, 3.05) is 0 Å². The average Bonchev–Trinajstić information content (AvgIpc) is 2.25. The van der Waals surface area contributed by atoms with Gasteiger partial charge in [-0.1, -0.05) is 31.2 Å². The van der Waals surface area contributed by atoms with Crippen LogP contribution in [-0.4, -0.2) is 6.18 Å². The first-order chi connectivity index (χ1) is 9.03. The molecule has 0 saturated heterocycles. The van der Waals surface area contributed by atoms with Crippen LogP contribution >= 0.6 is 0 Å². The highest BCUT2D eigenvalue weighted by Gasteiger charge is 2.47. The molecule has 0 N–H and O–H groups in total. The van der Waals surface area contributed by atoms with Crippen LogP contribution in [0.5, 0.6) is 0 Å². The van der Waals surface area contributed by atoms with Crippen molar-refractivity contribution in [1.82, 2.24) is 0 Å². The molecule has 1 aliphatic carbocycles. The number of allylic oxidation sites excluding steroid dienone is 1. The second-order valence-corrected chi connectivity index (χ2v) is 5.00. The third-order valence-corrected chi connectivity index (χ3v) is 3.55. The van der Waals surface area contributed by atoms with Crippen molar-refractivity contribution in [1.29, 1.82) is 0 Å². The van der Waals surface area contributed by atoms with Crippen molar-refractivity contribution >= 4 is 6.08 Å². The summed E-state index contributed by atoms with van der Waals surface area (Å²) in [6.07, 6.45) is -6.90. The summed E-state index contributed by atoms with van der Waals surface area (Å²) in [5.41, 5.74) is -1.72. The minimum Gasteiger partial charge on any atom is -0.170 e. The van der Waals surface area contributed by atoms with Gasteiger partial charge in [-0.05, 0) is 29.5 Å². The van der Waals surface area contributed by atoms with Crippen LogP contribution < -0.4 is 0 Å². The smallest absolute Gasteiger partial charge is 0.170 e. The highest BCUT2D eigenvalue weighted by molar-refractivity contribution is 5.64. The Kier molecular flexibility index (Phi) is 3.38. The highest BCUT2D eigenvalue weighted by atomic mass is 19.4. The van der Waals surface area contributed by atoms with Crippen LogP contribution in [0.3, 0.4) is 0 Å². The van der Waals surface area contributed by atoms with E-state index in [-0.39, 0.29) is 16.7 Å². The molecule has 110 valence electrons. The second kappa shape index (κ2) is 4.53. The van der Waals surface area contributed by atoms with Gasteiger partial charge in [0, 0.05) is 0 Å². The Balaban J connectivity index is 2.72. The number of alkyl halides is 6. The molecule has 0 aromatic heterocycles. The van der Waals surface area contributed by atoms with E-state index in [1.54, 1.807) is 0 Å². The van der Waals surface area contributed by atoms with Crippen LogP contribution in [0.4, 0.5) is 26.3 Å². The molecular formula is C14H12F6. The molecule has 0 heterocycles. The Morgan fingerprint density at radius 1 is 1.00 bits per heavy atom. The predicted molar refractivity (Wildman–Crippen MR) is 63.2 cm³/mol. The van der Waals surface area contributed by atoms with E-state index in [1.165, 1.54) is 19.9 Å². The van der Waals surface area contributed by atoms with Crippen LogP contribution in [0.25, 0.3) is 6.08 Å². The Morgan fingerprint density at radius 3 is 2.10 bits per heavy atom. The third kappa shape index (κ3) is 2.43. The summed E-state index contributed by atoms with van der Waals surface area (Å²) in [5.74, 6) is -2.78. The van der Waals surface area contributed by atoms with E-state index in [4.69, 9.17) is 0 Å². The Hall–Kier alpha value is -1.46. The molecular weight excluding hydrogens is 282 g/mol. The maximum absolute atomic E-state index is 13.1. The predicted octanol–water partition coefficient (Wildman–Crippen LogP) is 5.32. The molecule has 0 aliphatic heterocycles. The molecule has 0 nitrogen and oxygen atoms in total. The Labute approximate surface area is 112 Å². The largest absolute Gasteiger partial charge is 0.417 e. The van der Waals surface area contributed by atoms with E-state index in [0.717, 1.165) is 18.2 Å². The van der Waals surface area contributed by atoms with Crippen molar-refractivity contribution in [3.8, 4) is 0 Å². The Bertz CT molecular complexity index is 550. The van der Waals surface area contributed by atoms with E-state index >= 15 is 0 Å². The van der Waals surface area contributed by atoms with Gasteiger partial charge in [0.2, 0.25) is 0 Å². The van der Waals surface area contributed by atoms with E-state index in [9.17, 15) is 26.3 Å². The standard InChI is InChI=1S/C14H12F6/c1-7-3-5-10-9(11(7)13(15,16)17)6-4-8(2)12(10)14(18,19)20/h3-7,11H,1-2H3. The fraction of sp³-hybridized carbons (Fsp3) is 0.429.